The van der Waals surface area contributed by atoms with Crippen LogP contribution in [0.25, 0.3) is 0 Å². The summed E-state index contributed by atoms with van der Waals surface area (Å²) in [7, 11) is 0. The molecule has 6 saturated carbocycles. The summed E-state index contributed by atoms with van der Waals surface area (Å²) in [5, 5.41) is 42.5. The highest BCUT2D eigenvalue weighted by atomic mass is 19.1. The summed E-state index contributed by atoms with van der Waals surface area (Å²) in [5.74, 6) is -4.55. The average molecular weight is 887 g/mol. The summed E-state index contributed by atoms with van der Waals surface area (Å²) in [5.41, 5.74) is -5.00. The summed E-state index contributed by atoms with van der Waals surface area (Å²) in [6, 6.07) is 0. The third-order valence-corrected chi connectivity index (χ3v) is 18.1. The lowest BCUT2D eigenvalue weighted by Crippen LogP contribution is -2.64. The Labute approximate surface area is 366 Å². The number of allylic oxidation sites excluding steroid dienone is 8. The van der Waals surface area contributed by atoms with Crippen LogP contribution in [0.15, 0.2) is 47.6 Å². The zero-order valence-electron chi connectivity index (χ0n) is 37.4. The number of hydrogen-bond acceptors (Lipinski definition) is 12. The van der Waals surface area contributed by atoms with Gasteiger partial charge < -0.3 is 44.8 Å². The second kappa shape index (κ2) is 14.6. The molecule has 13 nitrogen and oxygen atoms in total. The van der Waals surface area contributed by atoms with Gasteiger partial charge in [0.25, 0.3) is 0 Å². The van der Waals surface area contributed by atoms with E-state index in [0.717, 1.165) is 0 Å². The molecule has 10 rings (SSSR count). The number of halogens is 2. The zero-order valence-corrected chi connectivity index (χ0v) is 37.4. The maximum absolute atomic E-state index is 15.4. The third kappa shape index (κ3) is 6.02. The van der Waals surface area contributed by atoms with Gasteiger partial charge >= 0.3 is 0 Å². The molecule has 8 fully saturated rings. The van der Waals surface area contributed by atoms with Crippen molar-refractivity contribution in [2.45, 2.75) is 153 Å². The summed E-state index contributed by atoms with van der Waals surface area (Å²) < 4.78 is 55.7. The summed E-state index contributed by atoms with van der Waals surface area (Å²) in [6.45, 7) is 13.3. The number of aliphatic hydroxyl groups is 4. The van der Waals surface area contributed by atoms with E-state index in [1.165, 1.54) is 24.3 Å². The quantitative estimate of drug-likeness (QED) is 0.318. The van der Waals surface area contributed by atoms with Crippen molar-refractivity contribution in [3.8, 4) is 0 Å². The molecule has 0 amide bonds. The Morgan fingerprint density at radius 3 is 1.32 bits per heavy atom. The first-order chi connectivity index (χ1) is 28.8. The molecule has 0 bridgehead atoms. The van der Waals surface area contributed by atoms with Crippen molar-refractivity contribution >= 4 is 23.1 Å². The highest BCUT2D eigenvalue weighted by molar-refractivity contribution is 6.02. The fourth-order valence-corrected chi connectivity index (χ4v) is 16.1. The molecule has 8 aliphatic carbocycles. The minimum atomic E-state index is -1.37. The SMILES string of the molecule is CC1(C)O[C@@H]2C[C@H]3[C@@H]4C[C@H](F)C5=CC(=O)C=C[C@]5(C)C4[C@@H](O)C[C@]3(C)[C@]2(C(=O)CO)O1.CC1(C)O[C@@H]2C[C@H]3[C@@H]4C[C@H](F)C5=CC(=O)C=C[C@]5(C)C4[C@@H](O)C[C@]3(C)[C@]2(C(=O)CO)O1.O. The van der Waals surface area contributed by atoms with Gasteiger partial charge in [-0.3, -0.25) is 19.2 Å². The van der Waals surface area contributed by atoms with Gasteiger partial charge in [-0.25, -0.2) is 8.78 Å². The van der Waals surface area contributed by atoms with Crippen LogP contribution >= 0.6 is 0 Å². The molecule has 15 heteroatoms. The lowest BCUT2D eigenvalue weighted by atomic mass is 9.46. The fraction of sp³-hybridized carbons (Fsp3) is 0.750. The molecular weight excluding hydrogens is 823 g/mol. The van der Waals surface area contributed by atoms with Crippen molar-refractivity contribution in [3.63, 3.8) is 0 Å². The van der Waals surface area contributed by atoms with Gasteiger partial charge in [0, 0.05) is 33.5 Å². The van der Waals surface area contributed by atoms with Crippen molar-refractivity contribution in [1.82, 2.24) is 0 Å². The number of rotatable bonds is 4. The number of carbonyl (C=O) groups excluding carboxylic acids is 4. The van der Waals surface area contributed by atoms with Crippen LogP contribution in [0.3, 0.4) is 0 Å². The van der Waals surface area contributed by atoms with Crippen LogP contribution in [0.5, 0.6) is 0 Å². The second-order valence-electron chi connectivity index (χ2n) is 21.9. The van der Waals surface area contributed by atoms with E-state index in [2.05, 4.69) is 0 Å². The molecule has 63 heavy (non-hydrogen) atoms. The van der Waals surface area contributed by atoms with Gasteiger partial charge in [-0.2, -0.15) is 0 Å². The molecule has 0 aromatic carbocycles. The molecule has 0 spiro atoms. The smallest absolute Gasteiger partial charge is 0.193 e. The number of carbonyl (C=O) groups is 4. The molecule has 0 aromatic rings. The van der Waals surface area contributed by atoms with Crippen LogP contribution in [-0.2, 0) is 38.1 Å². The Bertz CT molecular complexity index is 1970. The first-order valence-electron chi connectivity index (χ1n) is 22.4. The maximum atomic E-state index is 15.4. The predicted octanol–water partition coefficient (Wildman–Crippen LogP) is 3.72. The van der Waals surface area contributed by atoms with E-state index >= 15 is 8.78 Å². The van der Waals surface area contributed by atoms with E-state index in [1.807, 2.05) is 27.7 Å². The predicted molar refractivity (Wildman–Crippen MR) is 221 cm³/mol. The van der Waals surface area contributed by atoms with E-state index < -0.39 is 106 Å². The Morgan fingerprint density at radius 2 is 0.984 bits per heavy atom. The lowest BCUT2D eigenvalue weighted by molar-refractivity contribution is -0.226. The van der Waals surface area contributed by atoms with E-state index in [1.54, 1.807) is 39.8 Å². The van der Waals surface area contributed by atoms with Gasteiger partial charge in [0.05, 0.1) is 24.4 Å². The molecule has 2 unspecified atom stereocenters. The van der Waals surface area contributed by atoms with E-state index in [4.69, 9.17) is 18.9 Å². The molecule has 0 aromatic heterocycles. The van der Waals surface area contributed by atoms with Gasteiger partial charge in [-0.05, 0) is 125 Å². The summed E-state index contributed by atoms with van der Waals surface area (Å²) in [6.07, 6.45) is 5.79. The van der Waals surface area contributed by atoms with Crippen LogP contribution in [0.1, 0.15) is 93.9 Å². The Kier molecular flexibility index (Phi) is 10.8. The summed E-state index contributed by atoms with van der Waals surface area (Å²) >= 11 is 0. The Morgan fingerprint density at radius 1 is 0.635 bits per heavy atom. The maximum Gasteiger partial charge on any atom is 0.193 e. The molecule has 10 aliphatic rings. The van der Waals surface area contributed by atoms with Crippen molar-refractivity contribution in [2.75, 3.05) is 13.2 Å². The average Bonchev–Trinajstić information content (AvgIpc) is 3.80. The Hall–Kier alpha value is -2.86. The molecule has 6 N–H and O–H groups in total. The van der Waals surface area contributed by atoms with Crippen LogP contribution < -0.4 is 0 Å². The lowest BCUT2D eigenvalue weighted by Gasteiger charge is -2.60. The van der Waals surface area contributed by atoms with Crippen LogP contribution in [0, 0.1) is 57.2 Å². The van der Waals surface area contributed by atoms with Crippen molar-refractivity contribution in [2.24, 2.45) is 57.2 Å². The van der Waals surface area contributed by atoms with Gasteiger partial charge in [0.1, 0.15) is 25.6 Å². The molecule has 348 valence electrons. The second-order valence-corrected chi connectivity index (χ2v) is 21.9. The zero-order chi connectivity index (χ0) is 45.1. The number of fused-ring (bicyclic) bond motifs is 14. The molecule has 0 radical (unpaired) electrons. The third-order valence-electron chi connectivity index (χ3n) is 18.1. The number of ketones is 4. The van der Waals surface area contributed by atoms with Gasteiger partial charge in [-0.1, -0.05) is 39.8 Å². The van der Waals surface area contributed by atoms with Crippen LogP contribution in [0.4, 0.5) is 8.78 Å². The molecule has 2 saturated heterocycles. The van der Waals surface area contributed by atoms with Crippen LogP contribution in [0.2, 0.25) is 0 Å². The van der Waals surface area contributed by atoms with Gasteiger partial charge in [0.15, 0.2) is 45.9 Å². The molecular formula is C48H64F2O13. The van der Waals surface area contributed by atoms with Gasteiger partial charge in [-0.15, -0.1) is 0 Å². The highest BCUT2D eigenvalue weighted by Crippen LogP contribution is 2.72. The number of hydrogen-bond donors (Lipinski definition) is 4. The normalized spacial score (nSPS) is 51.3. The minimum Gasteiger partial charge on any atom is -0.412 e. The van der Waals surface area contributed by atoms with Crippen molar-refractivity contribution in [1.29, 1.82) is 0 Å². The fourth-order valence-electron chi connectivity index (χ4n) is 16.1. The highest BCUT2D eigenvalue weighted by Gasteiger charge is 2.79. The van der Waals surface area contributed by atoms with E-state index in [-0.39, 0.29) is 78.2 Å². The first-order valence-corrected chi connectivity index (χ1v) is 22.4. The monoisotopic (exact) mass is 886 g/mol. The number of alkyl halides is 2. The van der Waals surface area contributed by atoms with Crippen molar-refractivity contribution in [3.05, 3.63) is 47.6 Å². The Balaban J connectivity index is 0.000000170. The number of ether oxygens (including phenoxy) is 4. The number of aliphatic hydroxyl groups excluding tert-OH is 4. The number of Topliss-reactive ketones (excluding diaryl/α,β-unsaturated/α-hetero) is 2. The largest absolute Gasteiger partial charge is 0.412 e. The topological polar surface area (TPSA) is 218 Å². The van der Waals surface area contributed by atoms with E-state index in [9.17, 15) is 39.6 Å². The van der Waals surface area contributed by atoms with Crippen molar-refractivity contribution < 1.29 is 72.8 Å². The van der Waals surface area contributed by atoms with Crippen LogP contribution in [-0.4, -0.2) is 122 Å². The minimum absolute atomic E-state index is 0. The molecule has 2 heterocycles. The van der Waals surface area contributed by atoms with E-state index in [0.29, 0.717) is 24.0 Å². The van der Waals surface area contributed by atoms with Gasteiger partial charge in [0.2, 0.25) is 0 Å². The first kappa shape index (κ1) is 46.7. The molecule has 2 aliphatic heterocycles. The summed E-state index contributed by atoms with van der Waals surface area (Å²) in [4.78, 5) is 50.2. The standard InChI is InChI=1S/2C24H31FO6.H2O/c2*1-21(2)30-19-9-14-13-8-16(25)15-7-12(27)5-6-22(15,3)20(13)17(28)10-23(14,4)24(19,31-21)18(29)11-26;/h2*5-7,13-14,16-17,19-20,26,28H,8-11H2,1-4H3;1H2/t2*13-,14-,16-,17-,19+,20?,22-,23-,24+;/m00./s1. The molecule has 18 atom stereocenters.